The van der Waals surface area contributed by atoms with Crippen LogP contribution in [-0.4, -0.2) is 102 Å². The van der Waals surface area contributed by atoms with E-state index in [1.54, 1.807) is 65.8 Å². The molecule has 0 heterocycles. The van der Waals surface area contributed by atoms with Crippen molar-refractivity contribution in [2.45, 2.75) is 184 Å². The molecule has 0 amide bonds. The van der Waals surface area contributed by atoms with Crippen LogP contribution in [0.3, 0.4) is 0 Å². The van der Waals surface area contributed by atoms with Crippen molar-refractivity contribution in [3.05, 3.63) is 83.5 Å². The third-order valence-corrected chi connectivity index (χ3v) is 23.0. The van der Waals surface area contributed by atoms with Crippen LogP contribution in [0, 0.1) is 57.2 Å². The predicted octanol–water partition coefficient (Wildman–Crippen LogP) is 10.4. The lowest BCUT2D eigenvalue weighted by molar-refractivity contribution is -0.228. The number of aliphatic hydroxyl groups is 2. The van der Waals surface area contributed by atoms with Gasteiger partial charge in [0.1, 0.15) is 12.3 Å². The van der Waals surface area contributed by atoms with E-state index in [0.717, 1.165) is 36.8 Å². The van der Waals surface area contributed by atoms with E-state index in [1.807, 2.05) is 6.07 Å². The molecule has 0 aromatic heterocycles. The lowest BCUT2D eigenvalue weighted by Crippen LogP contribution is -2.70. The average Bonchev–Trinajstić information content (AvgIpc) is 4.02. The molecule has 18 atom stereocenters. The number of thioether (sulfide) groups is 1. The van der Waals surface area contributed by atoms with Gasteiger partial charge < -0.3 is 19.7 Å². The molecule has 0 spiro atoms. The molecule has 11 nitrogen and oxygen atoms in total. The summed E-state index contributed by atoms with van der Waals surface area (Å²) < 4.78 is 77.3. The Labute approximate surface area is 457 Å². The molecule has 2 N–H and O–H groups in total. The first kappa shape index (κ1) is 57.5. The molecule has 17 heteroatoms. The van der Waals surface area contributed by atoms with Gasteiger partial charge in [-0.1, -0.05) is 109 Å². The maximum atomic E-state index is 17.8. The number of hydrogen-bond donors (Lipinski definition) is 3. The summed E-state index contributed by atoms with van der Waals surface area (Å²) in [6.45, 7) is 13.4. The maximum absolute atomic E-state index is 17.8. The number of alkyl halides is 4. The molecule has 9 aliphatic rings. The third kappa shape index (κ3) is 7.80. The SMILES string of the molecule is CCC(=O)O[C@]1(C(=O)S)[C@H](C)CC2C3C[C@H](F)C4=CC(=O)C=C[C@]4(C)[C@@]3(F)[C@@H](O)C[C@@]21C.CCC(=O)O[C@]1(C(=O)SC2(C(=O)c3ccccc3)CCCC2)[C@H](C)CC2C3C[C@H](F)C4=CC(=O)C=C[C@]4(C)[C@@]3(F)[C@@H](O)C[C@@]21C. The second-order valence-corrected chi connectivity index (χ2v) is 26.5. The lowest BCUT2D eigenvalue weighted by Gasteiger charge is -2.63. The van der Waals surface area contributed by atoms with Gasteiger partial charge in [-0.3, -0.25) is 33.6 Å². The minimum absolute atomic E-state index is 0.00210. The molecule has 9 aliphatic carbocycles. The quantitative estimate of drug-likeness (QED) is 0.0924. The molecule has 0 saturated heterocycles. The Kier molecular flexibility index (Phi) is 14.6. The number of carbonyl (C=O) groups excluding carboxylic acids is 7. The number of halogens is 4. The zero-order chi connectivity index (χ0) is 56.4. The Bertz CT molecular complexity index is 2800. The number of thiol groups is 1. The van der Waals surface area contributed by atoms with Gasteiger partial charge in [-0.15, -0.1) is 12.6 Å². The molecular weight excluding hydrogens is 1040 g/mol. The number of fused-ring (bicyclic) bond motifs is 10. The summed E-state index contributed by atoms with van der Waals surface area (Å²) in [6.07, 6.45) is 3.44. The van der Waals surface area contributed by atoms with E-state index in [1.165, 1.54) is 38.2 Å². The minimum Gasteiger partial charge on any atom is -0.449 e. The Balaban J connectivity index is 0.000000199. The first-order valence-electron chi connectivity index (χ1n) is 27.4. The molecule has 77 heavy (non-hydrogen) atoms. The van der Waals surface area contributed by atoms with Crippen molar-refractivity contribution in [2.75, 3.05) is 0 Å². The van der Waals surface area contributed by atoms with Gasteiger partial charge in [-0.05, 0) is 113 Å². The molecule has 4 unspecified atom stereocenters. The summed E-state index contributed by atoms with van der Waals surface area (Å²) in [5.74, 6) is -6.34. The number of carbonyl (C=O) groups is 7. The minimum atomic E-state index is -2.32. The van der Waals surface area contributed by atoms with Gasteiger partial charge in [0.25, 0.3) is 0 Å². The predicted molar refractivity (Wildman–Crippen MR) is 283 cm³/mol. The fourth-order valence-electron chi connectivity index (χ4n) is 17.4. The highest BCUT2D eigenvalue weighted by atomic mass is 32.2. The summed E-state index contributed by atoms with van der Waals surface area (Å²) in [4.78, 5) is 91.5. The summed E-state index contributed by atoms with van der Waals surface area (Å²) >= 11 is 5.03. The zero-order valence-electron chi connectivity index (χ0n) is 45.0. The highest BCUT2D eigenvalue weighted by Crippen LogP contribution is 2.74. The van der Waals surface area contributed by atoms with Gasteiger partial charge >= 0.3 is 11.9 Å². The van der Waals surface area contributed by atoms with Crippen LogP contribution in [0.1, 0.15) is 143 Å². The van der Waals surface area contributed by atoms with Crippen LogP contribution in [0.4, 0.5) is 17.6 Å². The molecule has 0 aliphatic heterocycles. The van der Waals surface area contributed by atoms with Gasteiger partial charge in [-0.2, -0.15) is 0 Å². The number of esters is 2. The van der Waals surface area contributed by atoms with Gasteiger partial charge in [0, 0.05) is 63.7 Å². The normalized spacial score (nSPS) is 44.8. The lowest BCUT2D eigenvalue weighted by atomic mass is 9.44. The van der Waals surface area contributed by atoms with Gasteiger partial charge in [0.2, 0.25) is 10.2 Å². The number of ketones is 3. The summed E-state index contributed by atoms with van der Waals surface area (Å²) in [7, 11) is 0. The largest absolute Gasteiger partial charge is 0.449 e. The summed E-state index contributed by atoms with van der Waals surface area (Å²) in [6, 6.07) is 8.86. The van der Waals surface area contributed by atoms with Gasteiger partial charge in [0.15, 0.2) is 39.9 Å². The highest BCUT2D eigenvalue weighted by molar-refractivity contribution is 8.15. The number of hydrogen-bond acceptors (Lipinski definition) is 12. The van der Waals surface area contributed by atoms with E-state index in [0.29, 0.717) is 24.8 Å². The Hall–Kier alpha value is -4.19. The van der Waals surface area contributed by atoms with E-state index in [2.05, 4.69) is 12.6 Å². The van der Waals surface area contributed by atoms with Gasteiger partial charge in [-0.25, -0.2) is 17.6 Å². The van der Waals surface area contributed by atoms with Crippen molar-refractivity contribution in [3.8, 4) is 0 Å². The molecule has 7 fully saturated rings. The Morgan fingerprint density at radius 3 is 1.51 bits per heavy atom. The van der Waals surface area contributed by atoms with Crippen molar-refractivity contribution in [1.82, 2.24) is 0 Å². The highest BCUT2D eigenvalue weighted by Gasteiger charge is 2.80. The fourth-order valence-corrected chi connectivity index (χ4v) is 19.6. The van der Waals surface area contributed by atoms with Crippen molar-refractivity contribution in [1.29, 1.82) is 0 Å². The molecule has 0 radical (unpaired) electrons. The van der Waals surface area contributed by atoms with E-state index in [9.17, 15) is 43.8 Å². The smallest absolute Gasteiger partial charge is 0.306 e. The van der Waals surface area contributed by atoms with Crippen molar-refractivity contribution in [3.63, 3.8) is 0 Å². The Morgan fingerprint density at radius 2 is 1.08 bits per heavy atom. The van der Waals surface area contributed by atoms with Crippen LogP contribution in [0.2, 0.25) is 0 Å². The van der Waals surface area contributed by atoms with Crippen molar-refractivity contribution in [2.24, 2.45) is 57.2 Å². The fraction of sp³-hybridized carbons (Fsp3) is 0.650. The third-order valence-electron chi connectivity index (χ3n) is 21.2. The number of allylic oxidation sites excluding steroid dienone is 8. The number of rotatable bonds is 9. The molecule has 418 valence electrons. The maximum Gasteiger partial charge on any atom is 0.306 e. The van der Waals surface area contributed by atoms with Crippen molar-refractivity contribution >= 4 is 63.9 Å². The van der Waals surface area contributed by atoms with Gasteiger partial charge in [0.05, 0.1) is 17.0 Å². The average molecular weight is 1110 g/mol. The number of Topliss-reactive ketones (excluding diaryl/α,β-unsaturated/α-hetero) is 1. The van der Waals surface area contributed by atoms with E-state index in [4.69, 9.17) is 9.47 Å². The number of aliphatic hydroxyl groups excluding tert-OH is 2. The van der Waals surface area contributed by atoms with Crippen LogP contribution in [0.15, 0.2) is 77.9 Å². The molecule has 0 bridgehead atoms. The number of benzene rings is 1. The second kappa shape index (κ2) is 19.5. The standard InChI is InChI=1S/C36H42F2O6S.C24H30F2O5S/c1-5-29(41)44-36(31(43)45-34(14-9-10-15-34)30(42)22-11-7-6-8-12-22)21(2)17-24-25-19-27(37)26-18-23(39)13-16-32(26,3)35(25,38)28(40)20-33(24,36)4;1-5-19(29)31-24(20(30)32)12(2)8-14-15-10-17(25)16-9-13(27)6-7-21(16,3)23(15,26)18(28)11-22(14,24)4/h6-8,11-13,16,18,21,24-25,27-28,40H,5,9-10,14-15,17,19-20H2,1-4H3;6-7,9,12,14-15,17-18,28H,5,8,10-11H2,1-4H3,(H,30,32)/t21-,24?,25?,27+,28+,32+,33+,35+,36+;12-,14?,15?,17+,18+,21+,22+,23+,24+/m11/s1. The van der Waals surface area contributed by atoms with E-state index >= 15 is 17.6 Å². The first-order chi connectivity index (χ1) is 36.0. The second-order valence-electron chi connectivity index (χ2n) is 24.7. The molecular formula is C60H72F4O11S2. The molecule has 7 saturated carbocycles. The topological polar surface area (TPSA) is 178 Å². The number of ether oxygens (including phenoxy) is 2. The van der Waals surface area contributed by atoms with E-state index in [-0.39, 0.29) is 61.9 Å². The summed E-state index contributed by atoms with van der Waals surface area (Å²) in [5, 5.41) is 22.0. The van der Waals surface area contributed by atoms with Crippen molar-refractivity contribution < 1.29 is 70.8 Å². The van der Waals surface area contributed by atoms with E-state index < -0.39 is 143 Å². The van der Waals surface area contributed by atoms with Crippen LogP contribution in [0.25, 0.3) is 0 Å². The molecule has 10 rings (SSSR count). The Morgan fingerprint density at radius 1 is 0.662 bits per heavy atom. The monoisotopic (exact) mass is 1110 g/mol. The molecule has 1 aromatic carbocycles. The van der Waals surface area contributed by atoms with Crippen LogP contribution < -0.4 is 0 Å². The van der Waals surface area contributed by atoms with Crippen LogP contribution in [-0.2, 0) is 38.2 Å². The molecule has 1 aromatic rings. The van der Waals surface area contributed by atoms with Crippen LogP contribution in [0.5, 0.6) is 0 Å². The zero-order valence-corrected chi connectivity index (χ0v) is 46.8. The van der Waals surface area contributed by atoms with Crippen LogP contribution >= 0.6 is 24.4 Å². The summed E-state index contributed by atoms with van der Waals surface area (Å²) in [5.41, 5.74) is -12.8. The first-order valence-corrected chi connectivity index (χ1v) is 28.7.